The molecule has 0 atom stereocenters. The predicted molar refractivity (Wildman–Crippen MR) is 94.6 cm³/mol. The van der Waals surface area contributed by atoms with Crippen LogP contribution in [-0.2, 0) is 13.1 Å². The van der Waals surface area contributed by atoms with Gasteiger partial charge in [-0.25, -0.2) is 0 Å². The van der Waals surface area contributed by atoms with E-state index >= 15 is 0 Å². The summed E-state index contributed by atoms with van der Waals surface area (Å²) < 4.78 is 51.2. The summed E-state index contributed by atoms with van der Waals surface area (Å²) >= 11 is 0. The van der Waals surface area contributed by atoms with E-state index < -0.39 is 6.36 Å². The van der Waals surface area contributed by atoms with Crippen LogP contribution >= 0.6 is 0 Å². The van der Waals surface area contributed by atoms with Gasteiger partial charge in [-0.2, -0.15) is 0 Å². The minimum atomic E-state index is -4.70. The smallest absolute Gasteiger partial charge is 0.497 e. The fourth-order valence-corrected chi connectivity index (χ4v) is 2.56. The molecule has 0 aliphatic carbocycles. The number of ether oxygens (including phenoxy) is 2. The quantitative estimate of drug-likeness (QED) is 0.597. The molecule has 2 aromatic carbocycles. The highest BCUT2D eigenvalue weighted by Gasteiger charge is 2.30. The summed E-state index contributed by atoms with van der Waals surface area (Å²) in [4.78, 5) is 1.91. The lowest BCUT2D eigenvalue weighted by atomic mass is 10.2. The number of aromatic nitrogens is 2. The number of halogens is 3. The van der Waals surface area contributed by atoms with E-state index in [-0.39, 0.29) is 5.75 Å². The monoisotopic (exact) mass is 393 g/mol. The summed E-state index contributed by atoms with van der Waals surface area (Å²) in [6.45, 7) is 0.885. The summed E-state index contributed by atoms with van der Waals surface area (Å²) in [5, 5.41) is 8.08. The van der Waals surface area contributed by atoms with Gasteiger partial charge in [0.05, 0.1) is 13.7 Å². The molecule has 0 spiro atoms. The Balaban J connectivity index is 1.57. The first kappa shape index (κ1) is 19.7. The van der Waals surface area contributed by atoms with Crippen LogP contribution in [0.4, 0.5) is 13.2 Å². The average molecular weight is 393 g/mol. The van der Waals surface area contributed by atoms with Crippen molar-refractivity contribution in [3.05, 3.63) is 60.0 Å². The van der Waals surface area contributed by atoms with E-state index in [1.54, 1.807) is 31.4 Å². The van der Waals surface area contributed by atoms with Gasteiger partial charge in [0, 0.05) is 12.1 Å². The van der Waals surface area contributed by atoms with Crippen molar-refractivity contribution in [2.24, 2.45) is 0 Å². The Kier molecular flexibility index (Phi) is 5.84. The summed E-state index contributed by atoms with van der Waals surface area (Å²) in [5.74, 6) is 1.32. The van der Waals surface area contributed by atoms with Gasteiger partial charge < -0.3 is 13.9 Å². The van der Waals surface area contributed by atoms with Crippen molar-refractivity contribution in [2.45, 2.75) is 19.5 Å². The van der Waals surface area contributed by atoms with Crippen LogP contribution in [0.15, 0.2) is 52.9 Å². The molecule has 0 N–H and O–H groups in total. The van der Waals surface area contributed by atoms with E-state index in [4.69, 9.17) is 9.15 Å². The standard InChI is InChI=1S/C19H18F3N3O3/c1-25(11-13-3-7-16(8-4-13)28-19(20,21)22)12-17-23-24-18(27-17)14-5-9-15(26-2)10-6-14/h3-10H,11-12H2,1-2H3. The van der Waals surface area contributed by atoms with Crippen LogP contribution in [0.25, 0.3) is 11.5 Å². The molecule has 9 heteroatoms. The number of alkyl halides is 3. The molecule has 0 aliphatic heterocycles. The Morgan fingerprint density at radius 1 is 0.929 bits per heavy atom. The maximum absolute atomic E-state index is 12.2. The van der Waals surface area contributed by atoms with Crippen molar-refractivity contribution in [2.75, 3.05) is 14.2 Å². The molecule has 0 radical (unpaired) electrons. The van der Waals surface area contributed by atoms with Crippen molar-refractivity contribution < 1.29 is 27.1 Å². The molecule has 0 unspecified atom stereocenters. The van der Waals surface area contributed by atoms with Crippen molar-refractivity contribution >= 4 is 0 Å². The van der Waals surface area contributed by atoms with Gasteiger partial charge >= 0.3 is 6.36 Å². The second kappa shape index (κ2) is 8.30. The van der Waals surface area contributed by atoms with Crippen LogP contribution in [0.2, 0.25) is 0 Å². The molecule has 0 bridgehead atoms. The Hall–Kier alpha value is -3.07. The Labute approximate surface area is 159 Å². The highest BCUT2D eigenvalue weighted by atomic mass is 19.4. The number of nitrogens with zero attached hydrogens (tertiary/aromatic N) is 3. The molecular formula is C19H18F3N3O3. The largest absolute Gasteiger partial charge is 0.573 e. The van der Waals surface area contributed by atoms with Gasteiger partial charge in [0.25, 0.3) is 0 Å². The van der Waals surface area contributed by atoms with Gasteiger partial charge in [-0.3, -0.25) is 4.90 Å². The van der Waals surface area contributed by atoms with Crippen molar-refractivity contribution in [3.8, 4) is 23.0 Å². The van der Waals surface area contributed by atoms with E-state index in [2.05, 4.69) is 14.9 Å². The zero-order valence-electron chi connectivity index (χ0n) is 15.2. The molecule has 1 heterocycles. The fraction of sp³-hybridized carbons (Fsp3) is 0.263. The van der Waals surface area contributed by atoms with Crippen LogP contribution in [0.5, 0.6) is 11.5 Å². The van der Waals surface area contributed by atoms with Crippen molar-refractivity contribution in [1.82, 2.24) is 15.1 Å². The number of benzene rings is 2. The van der Waals surface area contributed by atoms with Gasteiger partial charge in [-0.1, -0.05) is 12.1 Å². The Bertz CT molecular complexity index is 893. The number of hydrogen-bond acceptors (Lipinski definition) is 6. The third kappa shape index (κ3) is 5.46. The van der Waals surface area contributed by atoms with E-state index in [9.17, 15) is 13.2 Å². The number of hydrogen-bond donors (Lipinski definition) is 0. The topological polar surface area (TPSA) is 60.6 Å². The van der Waals surface area contributed by atoms with Gasteiger partial charge in [-0.15, -0.1) is 23.4 Å². The first-order chi connectivity index (χ1) is 13.3. The summed E-state index contributed by atoms with van der Waals surface area (Å²) in [6.07, 6.45) is -4.70. The average Bonchev–Trinajstić information content (AvgIpc) is 3.10. The van der Waals surface area contributed by atoms with E-state index in [1.807, 2.05) is 24.1 Å². The third-order valence-electron chi connectivity index (χ3n) is 3.82. The van der Waals surface area contributed by atoms with Crippen LogP contribution in [0.3, 0.4) is 0 Å². The van der Waals surface area contributed by atoms with E-state index in [0.717, 1.165) is 16.9 Å². The van der Waals surface area contributed by atoms with Crippen LogP contribution < -0.4 is 9.47 Å². The molecule has 0 saturated carbocycles. The summed E-state index contributed by atoms with van der Waals surface area (Å²) in [5.41, 5.74) is 1.61. The molecule has 3 aromatic rings. The summed E-state index contributed by atoms with van der Waals surface area (Å²) in [7, 11) is 3.43. The first-order valence-electron chi connectivity index (χ1n) is 8.32. The molecule has 148 valence electrons. The molecule has 28 heavy (non-hydrogen) atoms. The van der Waals surface area contributed by atoms with Gasteiger partial charge in [0.1, 0.15) is 11.5 Å². The highest BCUT2D eigenvalue weighted by Crippen LogP contribution is 2.24. The maximum atomic E-state index is 12.2. The van der Waals surface area contributed by atoms with E-state index in [0.29, 0.717) is 24.9 Å². The van der Waals surface area contributed by atoms with Gasteiger partial charge in [0.15, 0.2) is 0 Å². The Morgan fingerprint density at radius 2 is 1.57 bits per heavy atom. The predicted octanol–water partition coefficient (Wildman–Crippen LogP) is 4.28. The molecule has 0 amide bonds. The minimum absolute atomic E-state index is 0.250. The normalized spacial score (nSPS) is 11.6. The minimum Gasteiger partial charge on any atom is -0.497 e. The van der Waals surface area contributed by atoms with Crippen LogP contribution in [0, 0.1) is 0 Å². The SMILES string of the molecule is COc1ccc(-c2nnc(CN(C)Cc3ccc(OC(F)(F)F)cc3)o2)cc1. The zero-order valence-corrected chi connectivity index (χ0v) is 15.2. The molecular weight excluding hydrogens is 375 g/mol. The first-order valence-corrected chi connectivity index (χ1v) is 8.32. The highest BCUT2D eigenvalue weighted by molar-refractivity contribution is 5.53. The summed E-state index contributed by atoms with van der Waals surface area (Å²) in [6, 6.07) is 13.0. The lowest BCUT2D eigenvalue weighted by Gasteiger charge is -2.15. The fourth-order valence-electron chi connectivity index (χ4n) is 2.56. The molecule has 1 aromatic heterocycles. The van der Waals surface area contributed by atoms with Crippen molar-refractivity contribution in [1.29, 1.82) is 0 Å². The second-order valence-corrected chi connectivity index (χ2v) is 6.09. The second-order valence-electron chi connectivity index (χ2n) is 6.09. The third-order valence-corrected chi connectivity index (χ3v) is 3.82. The van der Waals surface area contributed by atoms with Crippen LogP contribution in [-0.4, -0.2) is 35.6 Å². The molecule has 6 nitrogen and oxygen atoms in total. The lowest BCUT2D eigenvalue weighted by Crippen LogP contribution is -2.18. The number of rotatable bonds is 7. The zero-order chi connectivity index (χ0) is 20.1. The molecule has 0 fully saturated rings. The Morgan fingerprint density at radius 3 is 2.18 bits per heavy atom. The number of methoxy groups -OCH3 is 1. The van der Waals surface area contributed by atoms with Gasteiger partial charge in [0.2, 0.25) is 11.8 Å². The molecule has 0 saturated heterocycles. The lowest BCUT2D eigenvalue weighted by molar-refractivity contribution is -0.274. The molecule has 0 aliphatic rings. The van der Waals surface area contributed by atoms with Crippen LogP contribution in [0.1, 0.15) is 11.5 Å². The molecule has 3 rings (SSSR count). The van der Waals surface area contributed by atoms with Gasteiger partial charge in [-0.05, 0) is 49.0 Å². The maximum Gasteiger partial charge on any atom is 0.573 e. The van der Waals surface area contributed by atoms with E-state index in [1.165, 1.54) is 12.1 Å². The van der Waals surface area contributed by atoms with Crippen molar-refractivity contribution in [3.63, 3.8) is 0 Å².